The number of hydrogen-bond donors (Lipinski definition) is 2. The van der Waals surface area contributed by atoms with Crippen LogP contribution in [0.25, 0.3) is 0 Å². The van der Waals surface area contributed by atoms with Crippen molar-refractivity contribution in [1.82, 2.24) is 5.32 Å². The lowest BCUT2D eigenvalue weighted by molar-refractivity contribution is 0.0956. The number of aliphatic hydroxyl groups is 1. The molecule has 0 unspecified atom stereocenters. The van der Waals surface area contributed by atoms with Crippen LogP contribution in [0.4, 0.5) is 0 Å². The van der Waals surface area contributed by atoms with Crippen LogP contribution in [0.15, 0.2) is 12.1 Å². The number of carbonyl (C=O) groups is 1. The molecule has 0 saturated heterocycles. The molecule has 1 heterocycles. The largest absolute Gasteiger partial charge is 0.395 e. The van der Waals surface area contributed by atoms with Gasteiger partial charge in [0.05, 0.1) is 16.4 Å². The lowest BCUT2D eigenvalue weighted by Gasteiger charge is -2.05. The van der Waals surface area contributed by atoms with Crippen LogP contribution in [-0.2, 0) is 0 Å². The minimum absolute atomic E-state index is 0.0241. The van der Waals surface area contributed by atoms with E-state index in [0.717, 1.165) is 24.3 Å². The summed E-state index contributed by atoms with van der Waals surface area (Å²) in [5.41, 5.74) is 0. The van der Waals surface area contributed by atoms with Crippen molar-refractivity contribution < 1.29 is 9.90 Å². The zero-order valence-electron chi connectivity index (χ0n) is 11.5. The minimum atomic E-state index is -0.0241. The van der Waals surface area contributed by atoms with E-state index in [1.54, 1.807) is 6.07 Å². The molecule has 0 radical (unpaired) electrons. The SMILES string of the molecule is CC(C)CCCNC(=O)c1ccc(C#CCCO)s1. The van der Waals surface area contributed by atoms with Gasteiger partial charge in [0.15, 0.2) is 0 Å². The van der Waals surface area contributed by atoms with Crippen LogP contribution in [0, 0.1) is 17.8 Å². The number of nitrogens with one attached hydrogen (secondary N) is 1. The van der Waals surface area contributed by atoms with Gasteiger partial charge in [-0.25, -0.2) is 0 Å². The third kappa shape index (κ3) is 6.42. The lowest BCUT2D eigenvalue weighted by Crippen LogP contribution is -2.23. The Labute approximate surface area is 119 Å². The van der Waals surface area contributed by atoms with Crippen LogP contribution in [0.2, 0.25) is 0 Å². The van der Waals surface area contributed by atoms with Gasteiger partial charge in [-0.1, -0.05) is 25.7 Å². The van der Waals surface area contributed by atoms with Gasteiger partial charge in [-0.15, -0.1) is 11.3 Å². The van der Waals surface area contributed by atoms with Gasteiger partial charge in [-0.3, -0.25) is 4.79 Å². The lowest BCUT2D eigenvalue weighted by atomic mass is 10.1. The van der Waals surface area contributed by atoms with Gasteiger partial charge >= 0.3 is 0 Å². The van der Waals surface area contributed by atoms with E-state index in [4.69, 9.17) is 5.11 Å². The van der Waals surface area contributed by atoms with Crippen LogP contribution < -0.4 is 5.32 Å². The Morgan fingerprint density at radius 1 is 1.47 bits per heavy atom. The Morgan fingerprint density at radius 2 is 2.26 bits per heavy atom. The van der Waals surface area contributed by atoms with Crippen LogP contribution in [0.1, 0.15) is 47.7 Å². The van der Waals surface area contributed by atoms with E-state index in [1.807, 2.05) is 6.07 Å². The molecule has 0 fully saturated rings. The van der Waals surface area contributed by atoms with Gasteiger partial charge in [0.2, 0.25) is 0 Å². The summed E-state index contributed by atoms with van der Waals surface area (Å²) in [7, 11) is 0. The molecule has 1 rings (SSSR count). The van der Waals surface area contributed by atoms with Crippen LogP contribution in [-0.4, -0.2) is 24.2 Å². The van der Waals surface area contributed by atoms with Crippen molar-refractivity contribution in [3.8, 4) is 11.8 Å². The monoisotopic (exact) mass is 279 g/mol. The number of hydrogen-bond acceptors (Lipinski definition) is 3. The first-order valence-electron chi connectivity index (χ1n) is 6.61. The van der Waals surface area contributed by atoms with Crippen molar-refractivity contribution in [3.05, 3.63) is 21.9 Å². The maximum Gasteiger partial charge on any atom is 0.261 e. The zero-order chi connectivity index (χ0) is 14.1. The predicted octanol–water partition coefficient (Wildman–Crippen LogP) is 2.65. The summed E-state index contributed by atoms with van der Waals surface area (Å²) in [5, 5.41) is 11.6. The molecule has 0 aliphatic carbocycles. The van der Waals surface area contributed by atoms with Gasteiger partial charge < -0.3 is 10.4 Å². The average Bonchev–Trinajstić information content (AvgIpc) is 2.83. The first-order valence-corrected chi connectivity index (χ1v) is 7.43. The molecule has 2 N–H and O–H groups in total. The molecular weight excluding hydrogens is 258 g/mol. The Bertz CT molecular complexity index is 454. The summed E-state index contributed by atoms with van der Waals surface area (Å²) in [6.45, 7) is 5.15. The summed E-state index contributed by atoms with van der Waals surface area (Å²) >= 11 is 1.39. The molecule has 19 heavy (non-hydrogen) atoms. The highest BCUT2D eigenvalue weighted by Crippen LogP contribution is 2.15. The second-order valence-corrected chi connectivity index (χ2v) is 5.82. The number of rotatable bonds is 6. The number of amides is 1. The van der Waals surface area contributed by atoms with E-state index in [9.17, 15) is 4.79 Å². The van der Waals surface area contributed by atoms with Crippen molar-refractivity contribution >= 4 is 17.2 Å². The Balaban J connectivity index is 2.39. The molecule has 0 bridgehead atoms. The summed E-state index contributed by atoms with van der Waals surface area (Å²) in [6, 6.07) is 3.64. The van der Waals surface area contributed by atoms with Crippen molar-refractivity contribution in [1.29, 1.82) is 0 Å². The second kappa shape index (κ2) is 8.73. The Morgan fingerprint density at radius 3 is 2.95 bits per heavy atom. The van der Waals surface area contributed by atoms with Gasteiger partial charge in [0.25, 0.3) is 5.91 Å². The minimum Gasteiger partial charge on any atom is -0.395 e. The molecule has 1 amide bonds. The standard InChI is InChI=1S/C15H21NO2S/c1-12(2)6-5-10-16-15(18)14-9-8-13(19-14)7-3-4-11-17/h8-9,12,17H,4-6,10-11H2,1-2H3,(H,16,18). The fourth-order valence-corrected chi connectivity index (χ4v) is 2.33. The number of aliphatic hydroxyl groups excluding tert-OH is 1. The van der Waals surface area contributed by atoms with Gasteiger partial charge in [-0.2, -0.15) is 0 Å². The van der Waals surface area contributed by atoms with E-state index in [-0.39, 0.29) is 12.5 Å². The molecule has 0 saturated carbocycles. The molecule has 0 aliphatic rings. The zero-order valence-corrected chi connectivity index (χ0v) is 12.3. The van der Waals surface area contributed by atoms with Gasteiger partial charge in [0.1, 0.15) is 0 Å². The van der Waals surface area contributed by atoms with Crippen molar-refractivity contribution in [2.75, 3.05) is 13.2 Å². The van der Waals surface area contributed by atoms with Crippen molar-refractivity contribution in [2.24, 2.45) is 5.92 Å². The normalized spacial score (nSPS) is 10.1. The van der Waals surface area contributed by atoms with Crippen LogP contribution >= 0.6 is 11.3 Å². The van der Waals surface area contributed by atoms with E-state index < -0.39 is 0 Å². The molecule has 104 valence electrons. The van der Waals surface area contributed by atoms with Crippen molar-refractivity contribution in [2.45, 2.75) is 33.1 Å². The van der Waals surface area contributed by atoms with Crippen LogP contribution in [0.3, 0.4) is 0 Å². The van der Waals surface area contributed by atoms with E-state index >= 15 is 0 Å². The smallest absolute Gasteiger partial charge is 0.261 e. The Hall–Kier alpha value is -1.31. The van der Waals surface area contributed by atoms with E-state index in [1.165, 1.54) is 11.3 Å². The first-order chi connectivity index (χ1) is 9.13. The Kier molecular flexibility index (Phi) is 7.24. The third-order valence-electron chi connectivity index (χ3n) is 2.52. The molecular formula is C15H21NO2S. The maximum atomic E-state index is 11.8. The maximum absolute atomic E-state index is 11.8. The molecule has 0 aliphatic heterocycles. The molecule has 3 nitrogen and oxygen atoms in total. The molecule has 1 aromatic heterocycles. The second-order valence-electron chi connectivity index (χ2n) is 4.73. The van der Waals surface area contributed by atoms with Crippen LogP contribution in [0.5, 0.6) is 0 Å². The summed E-state index contributed by atoms with van der Waals surface area (Å²) < 4.78 is 0. The first kappa shape index (κ1) is 15.7. The number of carbonyl (C=O) groups excluding carboxylic acids is 1. The molecule has 0 spiro atoms. The quantitative estimate of drug-likeness (QED) is 0.621. The predicted molar refractivity (Wildman–Crippen MR) is 79.3 cm³/mol. The third-order valence-corrected chi connectivity index (χ3v) is 3.52. The summed E-state index contributed by atoms with van der Waals surface area (Å²) in [6.07, 6.45) is 2.61. The highest BCUT2D eigenvalue weighted by atomic mass is 32.1. The fraction of sp³-hybridized carbons (Fsp3) is 0.533. The molecule has 1 aromatic rings. The van der Waals surface area contributed by atoms with Gasteiger partial charge in [-0.05, 0) is 30.9 Å². The molecule has 0 aromatic carbocycles. The summed E-state index contributed by atoms with van der Waals surface area (Å²) in [5.74, 6) is 6.43. The number of thiophene rings is 1. The average molecular weight is 279 g/mol. The van der Waals surface area contributed by atoms with Gasteiger partial charge in [0, 0.05) is 13.0 Å². The highest BCUT2D eigenvalue weighted by molar-refractivity contribution is 7.14. The van der Waals surface area contributed by atoms with E-state index in [0.29, 0.717) is 17.2 Å². The van der Waals surface area contributed by atoms with E-state index in [2.05, 4.69) is 31.0 Å². The fourth-order valence-electron chi connectivity index (χ4n) is 1.53. The van der Waals surface area contributed by atoms with Crippen molar-refractivity contribution in [3.63, 3.8) is 0 Å². The topological polar surface area (TPSA) is 49.3 Å². The highest BCUT2D eigenvalue weighted by Gasteiger charge is 2.07. The molecule has 0 atom stereocenters. The molecule has 4 heteroatoms. The summed E-state index contributed by atoms with van der Waals surface area (Å²) in [4.78, 5) is 13.4.